The van der Waals surface area contributed by atoms with Gasteiger partial charge in [0.2, 0.25) is 0 Å². The van der Waals surface area contributed by atoms with Gasteiger partial charge in [0.25, 0.3) is 5.91 Å². The molecule has 0 bridgehead atoms. The summed E-state index contributed by atoms with van der Waals surface area (Å²) in [6.45, 7) is 3.48. The summed E-state index contributed by atoms with van der Waals surface area (Å²) in [6.07, 6.45) is 2.68. The molecule has 0 aliphatic heterocycles. The predicted octanol–water partition coefficient (Wildman–Crippen LogP) is 3.72. The van der Waals surface area contributed by atoms with Gasteiger partial charge in [-0.25, -0.2) is 4.39 Å². The van der Waals surface area contributed by atoms with Crippen LogP contribution < -0.4 is 5.32 Å². The quantitative estimate of drug-likeness (QED) is 0.753. The number of aryl methyl sites for hydroxylation is 3. The summed E-state index contributed by atoms with van der Waals surface area (Å²) in [5, 5.41) is 7.81. The van der Waals surface area contributed by atoms with Gasteiger partial charge in [0, 0.05) is 16.6 Å². The molecule has 0 radical (unpaired) electrons. The lowest BCUT2D eigenvalue weighted by Gasteiger charge is -2.23. The number of H-pyrrole nitrogens is 1. The summed E-state index contributed by atoms with van der Waals surface area (Å²) < 4.78 is 18.6. The van der Waals surface area contributed by atoms with Crippen molar-refractivity contribution in [1.82, 2.24) is 15.5 Å². The van der Waals surface area contributed by atoms with E-state index in [-0.39, 0.29) is 17.8 Å². The molecule has 0 saturated carbocycles. The van der Waals surface area contributed by atoms with Gasteiger partial charge in [-0.3, -0.25) is 4.79 Å². The molecular formula is C18H18FN3O2. The van der Waals surface area contributed by atoms with Crippen molar-refractivity contribution in [3.63, 3.8) is 0 Å². The Bertz CT molecular complexity index is 922. The Morgan fingerprint density at radius 2 is 2.25 bits per heavy atom. The van der Waals surface area contributed by atoms with Crippen molar-refractivity contribution >= 4 is 16.8 Å². The third kappa shape index (κ3) is 2.29. The Balaban J connectivity index is 1.69. The van der Waals surface area contributed by atoms with Gasteiger partial charge in [-0.05, 0) is 56.9 Å². The topological polar surface area (TPSA) is 70.9 Å². The number of halogens is 1. The molecule has 24 heavy (non-hydrogen) atoms. The number of amides is 1. The highest BCUT2D eigenvalue weighted by molar-refractivity contribution is 5.96. The second-order valence-electron chi connectivity index (χ2n) is 6.32. The van der Waals surface area contributed by atoms with Gasteiger partial charge in [-0.1, -0.05) is 5.16 Å². The number of aromatic nitrogens is 2. The van der Waals surface area contributed by atoms with E-state index in [4.69, 9.17) is 4.52 Å². The van der Waals surface area contributed by atoms with Crippen LogP contribution in [-0.2, 0) is 6.42 Å². The standard InChI is InChI=1S/C18H18FN3O2/c1-9-16(10(2)24-22-9)18(23)21-15-5-3-4-12-13-8-11(19)6-7-14(13)20-17(12)15/h6-8,15,20H,3-5H2,1-2H3,(H,21,23). The maximum Gasteiger partial charge on any atom is 0.257 e. The third-order valence-corrected chi connectivity index (χ3v) is 4.73. The minimum Gasteiger partial charge on any atom is -0.361 e. The van der Waals surface area contributed by atoms with Crippen molar-refractivity contribution in [2.75, 3.05) is 0 Å². The molecule has 1 atom stereocenters. The van der Waals surface area contributed by atoms with Crippen LogP contribution in [0.15, 0.2) is 22.7 Å². The number of hydrogen-bond acceptors (Lipinski definition) is 3. The number of carbonyl (C=O) groups is 1. The summed E-state index contributed by atoms with van der Waals surface area (Å²) in [5.41, 5.74) is 4.05. The molecule has 0 saturated heterocycles. The molecule has 1 aromatic carbocycles. The van der Waals surface area contributed by atoms with Gasteiger partial charge in [-0.2, -0.15) is 0 Å². The van der Waals surface area contributed by atoms with Crippen LogP contribution in [0.5, 0.6) is 0 Å². The Morgan fingerprint density at radius 3 is 3.00 bits per heavy atom. The molecule has 5 nitrogen and oxygen atoms in total. The van der Waals surface area contributed by atoms with Crippen LogP contribution in [0.3, 0.4) is 0 Å². The Morgan fingerprint density at radius 1 is 1.42 bits per heavy atom. The summed E-state index contributed by atoms with van der Waals surface area (Å²) in [6, 6.07) is 4.63. The lowest BCUT2D eigenvalue weighted by molar-refractivity contribution is 0.0930. The van der Waals surface area contributed by atoms with Crippen molar-refractivity contribution in [3.05, 3.63) is 52.3 Å². The van der Waals surface area contributed by atoms with Crippen LogP contribution in [0.2, 0.25) is 0 Å². The highest BCUT2D eigenvalue weighted by atomic mass is 19.1. The van der Waals surface area contributed by atoms with Crippen molar-refractivity contribution < 1.29 is 13.7 Å². The van der Waals surface area contributed by atoms with Crippen LogP contribution in [-0.4, -0.2) is 16.0 Å². The SMILES string of the molecule is Cc1noc(C)c1C(=O)NC1CCCc2c1[nH]c1ccc(F)cc21. The van der Waals surface area contributed by atoms with Crippen LogP contribution >= 0.6 is 0 Å². The molecule has 6 heteroatoms. The fraction of sp³-hybridized carbons (Fsp3) is 0.333. The molecular weight excluding hydrogens is 309 g/mol. The molecule has 1 unspecified atom stereocenters. The fourth-order valence-corrected chi connectivity index (χ4v) is 3.62. The smallest absolute Gasteiger partial charge is 0.257 e. The molecule has 124 valence electrons. The molecule has 1 aliphatic carbocycles. The minimum atomic E-state index is -0.244. The Kier molecular flexibility index (Phi) is 3.40. The van der Waals surface area contributed by atoms with Crippen LogP contribution in [0, 0.1) is 19.7 Å². The molecule has 3 aromatic rings. The monoisotopic (exact) mass is 327 g/mol. The van der Waals surface area contributed by atoms with Crippen molar-refractivity contribution in [2.24, 2.45) is 0 Å². The number of carbonyl (C=O) groups excluding carboxylic acids is 1. The molecule has 2 N–H and O–H groups in total. The van der Waals surface area contributed by atoms with E-state index in [1.165, 1.54) is 6.07 Å². The van der Waals surface area contributed by atoms with Crippen molar-refractivity contribution in [1.29, 1.82) is 0 Å². The van der Waals surface area contributed by atoms with Crippen LogP contribution in [0.1, 0.15) is 52.0 Å². The van der Waals surface area contributed by atoms with Crippen LogP contribution in [0.25, 0.3) is 10.9 Å². The molecule has 4 rings (SSSR count). The molecule has 0 fully saturated rings. The van der Waals surface area contributed by atoms with E-state index < -0.39 is 0 Å². The van der Waals surface area contributed by atoms with Gasteiger partial charge < -0.3 is 14.8 Å². The second kappa shape index (κ2) is 5.47. The largest absolute Gasteiger partial charge is 0.361 e. The van der Waals surface area contributed by atoms with E-state index >= 15 is 0 Å². The fourth-order valence-electron chi connectivity index (χ4n) is 3.62. The molecule has 2 heterocycles. The summed E-state index contributed by atoms with van der Waals surface area (Å²) in [4.78, 5) is 16.0. The first kappa shape index (κ1) is 14.9. The lowest BCUT2D eigenvalue weighted by atomic mass is 9.91. The van der Waals surface area contributed by atoms with E-state index in [0.717, 1.165) is 41.4 Å². The number of rotatable bonds is 2. The first-order valence-electron chi connectivity index (χ1n) is 8.08. The summed E-state index contributed by atoms with van der Waals surface area (Å²) >= 11 is 0. The highest BCUT2D eigenvalue weighted by Gasteiger charge is 2.27. The van der Waals surface area contributed by atoms with E-state index in [2.05, 4.69) is 15.5 Å². The zero-order chi connectivity index (χ0) is 16.8. The van der Waals surface area contributed by atoms with Gasteiger partial charge in [0.1, 0.15) is 17.1 Å². The lowest BCUT2D eigenvalue weighted by Crippen LogP contribution is -2.31. The average molecular weight is 327 g/mol. The van der Waals surface area contributed by atoms with Gasteiger partial charge in [0.05, 0.1) is 11.7 Å². The van der Waals surface area contributed by atoms with Gasteiger partial charge in [0.15, 0.2) is 0 Å². The highest BCUT2D eigenvalue weighted by Crippen LogP contribution is 2.35. The van der Waals surface area contributed by atoms with Crippen molar-refractivity contribution in [2.45, 2.75) is 39.2 Å². The number of nitrogens with one attached hydrogen (secondary N) is 2. The molecule has 2 aromatic heterocycles. The predicted molar refractivity (Wildman–Crippen MR) is 87.4 cm³/mol. The van der Waals surface area contributed by atoms with E-state index in [0.29, 0.717) is 17.0 Å². The van der Waals surface area contributed by atoms with Gasteiger partial charge >= 0.3 is 0 Å². The third-order valence-electron chi connectivity index (χ3n) is 4.73. The molecule has 0 spiro atoms. The maximum atomic E-state index is 13.6. The number of hydrogen-bond donors (Lipinski definition) is 2. The van der Waals surface area contributed by atoms with E-state index in [9.17, 15) is 9.18 Å². The average Bonchev–Trinajstić information content (AvgIpc) is 3.08. The van der Waals surface area contributed by atoms with Crippen molar-refractivity contribution in [3.8, 4) is 0 Å². The minimum absolute atomic E-state index is 0.120. The Hall–Kier alpha value is -2.63. The second-order valence-corrected chi connectivity index (χ2v) is 6.32. The molecule has 1 aliphatic rings. The number of fused-ring (bicyclic) bond motifs is 3. The van der Waals surface area contributed by atoms with E-state index in [1.807, 2.05) is 0 Å². The zero-order valence-electron chi connectivity index (χ0n) is 13.6. The van der Waals surface area contributed by atoms with Gasteiger partial charge in [-0.15, -0.1) is 0 Å². The zero-order valence-corrected chi connectivity index (χ0v) is 13.6. The first-order chi connectivity index (χ1) is 11.5. The number of aromatic amines is 1. The first-order valence-corrected chi connectivity index (χ1v) is 8.08. The maximum absolute atomic E-state index is 13.6. The van der Waals surface area contributed by atoms with E-state index in [1.54, 1.807) is 26.0 Å². The van der Waals surface area contributed by atoms with Crippen LogP contribution in [0.4, 0.5) is 4.39 Å². The molecule has 1 amide bonds. The number of benzene rings is 1. The normalized spacial score (nSPS) is 17.0. The summed E-state index contributed by atoms with van der Waals surface area (Å²) in [5.74, 6) is 0.0832. The Labute approximate surface area is 138 Å². The summed E-state index contributed by atoms with van der Waals surface area (Å²) in [7, 11) is 0. The number of nitrogens with zero attached hydrogens (tertiary/aromatic N) is 1.